The van der Waals surface area contributed by atoms with Crippen molar-refractivity contribution in [3.63, 3.8) is 0 Å². The maximum Gasteiger partial charge on any atom is 0.274 e. The Bertz CT molecular complexity index is 1370. The summed E-state index contributed by atoms with van der Waals surface area (Å²) in [6.45, 7) is 2.59. The molecular formula is C29H32F2N4O4. The summed E-state index contributed by atoms with van der Waals surface area (Å²) in [6.07, 6.45) is 7.82. The van der Waals surface area contributed by atoms with Crippen LogP contribution in [0.4, 0.5) is 14.5 Å². The number of pyridine rings is 2. The molecule has 0 saturated heterocycles. The predicted molar refractivity (Wildman–Crippen MR) is 144 cm³/mol. The van der Waals surface area contributed by atoms with Gasteiger partial charge in [-0.25, -0.2) is 13.8 Å². The van der Waals surface area contributed by atoms with Gasteiger partial charge in [0.2, 0.25) is 0 Å². The molecule has 1 aliphatic carbocycles. The van der Waals surface area contributed by atoms with E-state index >= 15 is 4.39 Å². The van der Waals surface area contributed by atoms with Gasteiger partial charge < -0.3 is 25.3 Å². The van der Waals surface area contributed by atoms with E-state index in [0.29, 0.717) is 12.3 Å². The quantitative estimate of drug-likeness (QED) is 0.268. The minimum atomic E-state index is -0.811. The average Bonchev–Trinajstić information content (AvgIpc) is 2.93. The second-order valence-electron chi connectivity index (χ2n) is 9.25. The third-order valence-corrected chi connectivity index (χ3v) is 6.63. The summed E-state index contributed by atoms with van der Waals surface area (Å²) in [5.41, 5.74) is 8.27. The fraction of sp³-hybridized carbons (Fsp3) is 0.345. The first-order chi connectivity index (χ1) is 18.8. The Morgan fingerprint density at radius 1 is 1.15 bits per heavy atom. The molecule has 0 bridgehead atoms. The van der Waals surface area contributed by atoms with Crippen molar-refractivity contribution in [3.05, 3.63) is 77.3 Å². The number of halogens is 2. The lowest BCUT2D eigenvalue weighted by Gasteiger charge is -2.28. The van der Waals surface area contributed by atoms with E-state index in [1.807, 2.05) is 6.07 Å². The second kappa shape index (κ2) is 12.8. The van der Waals surface area contributed by atoms with Crippen LogP contribution in [0.2, 0.25) is 0 Å². The lowest BCUT2D eigenvalue weighted by molar-refractivity contribution is 0.102. The summed E-state index contributed by atoms with van der Waals surface area (Å²) >= 11 is 0. The zero-order chi connectivity index (χ0) is 27.9. The van der Waals surface area contributed by atoms with Crippen molar-refractivity contribution in [2.75, 3.05) is 32.8 Å². The molecule has 0 fully saturated rings. The summed E-state index contributed by atoms with van der Waals surface area (Å²) < 4.78 is 45.8. The zero-order valence-corrected chi connectivity index (χ0v) is 22.2. The van der Waals surface area contributed by atoms with Gasteiger partial charge in [0.15, 0.2) is 0 Å². The Hall–Kier alpha value is -3.89. The van der Waals surface area contributed by atoms with E-state index in [-0.39, 0.29) is 47.0 Å². The minimum Gasteiger partial charge on any atom is -0.496 e. The number of carbonyl (C=O) groups excluding carboxylic acids is 1. The van der Waals surface area contributed by atoms with Crippen molar-refractivity contribution in [2.45, 2.75) is 38.1 Å². The lowest BCUT2D eigenvalue weighted by Crippen LogP contribution is -2.26. The van der Waals surface area contributed by atoms with E-state index in [0.717, 1.165) is 37.0 Å². The number of nitrogens with zero attached hydrogens (tertiary/aromatic N) is 2. The largest absolute Gasteiger partial charge is 0.496 e. The molecule has 0 aliphatic heterocycles. The predicted octanol–water partition coefficient (Wildman–Crippen LogP) is 5.25. The molecule has 1 amide bonds. The summed E-state index contributed by atoms with van der Waals surface area (Å²) in [5, 5.41) is 2.85. The molecule has 8 nitrogen and oxygen atoms in total. The number of nitrogens with two attached hydrogens (primary N) is 1. The number of benzene rings is 1. The smallest absolute Gasteiger partial charge is 0.274 e. The molecular weight excluding hydrogens is 506 g/mol. The minimum absolute atomic E-state index is 0.00865. The summed E-state index contributed by atoms with van der Waals surface area (Å²) in [6, 6.07) is 6.64. The zero-order valence-electron chi connectivity index (χ0n) is 22.2. The average molecular weight is 539 g/mol. The highest BCUT2D eigenvalue weighted by molar-refractivity contribution is 6.03. The van der Waals surface area contributed by atoms with Gasteiger partial charge in [-0.05, 0) is 48.9 Å². The maximum atomic E-state index is 15.2. The number of rotatable bonds is 10. The molecule has 0 saturated carbocycles. The number of aromatic nitrogens is 2. The first-order valence-corrected chi connectivity index (χ1v) is 12.7. The van der Waals surface area contributed by atoms with Gasteiger partial charge in [-0.15, -0.1) is 0 Å². The number of carbonyl (C=O) groups is 1. The number of ether oxygens (including phenoxy) is 3. The second-order valence-corrected chi connectivity index (χ2v) is 9.25. The molecule has 2 heterocycles. The highest BCUT2D eigenvalue weighted by Gasteiger charge is 2.25. The number of hydrogen-bond donors (Lipinski definition) is 2. The molecule has 39 heavy (non-hydrogen) atoms. The van der Waals surface area contributed by atoms with Crippen LogP contribution < -0.4 is 20.5 Å². The van der Waals surface area contributed by atoms with E-state index in [9.17, 15) is 9.18 Å². The van der Waals surface area contributed by atoms with E-state index in [2.05, 4.69) is 28.3 Å². The topological polar surface area (TPSA) is 109 Å². The molecule has 4 rings (SSSR count). The van der Waals surface area contributed by atoms with Crippen LogP contribution in [0.15, 0.2) is 54.4 Å². The van der Waals surface area contributed by atoms with Crippen molar-refractivity contribution < 1.29 is 27.8 Å². The number of anilines is 1. The normalized spacial score (nSPS) is 16.9. The SMILES string of the molecule is CCC1=CC(N)CC(c2ccncc2NC(=O)c2ccc(F)c(-c3c(F)cc(OCCOC)cc3OC)n2)C1. The van der Waals surface area contributed by atoms with Gasteiger partial charge in [0.1, 0.15) is 41.1 Å². The van der Waals surface area contributed by atoms with Crippen LogP contribution in [0.5, 0.6) is 11.5 Å². The molecule has 3 N–H and O–H groups in total. The molecule has 2 atom stereocenters. The molecule has 206 valence electrons. The van der Waals surface area contributed by atoms with Crippen molar-refractivity contribution in [1.82, 2.24) is 9.97 Å². The molecule has 1 aromatic carbocycles. The summed E-state index contributed by atoms with van der Waals surface area (Å²) in [7, 11) is 2.84. The third-order valence-electron chi connectivity index (χ3n) is 6.63. The number of amides is 1. The van der Waals surface area contributed by atoms with Crippen LogP contribution in [-0.4, -0.2) is 49.4 Å². The van der Waals surface area contributed by atoms with Crippen LogP contribution in [0.3, 0.4) is 0 Å². The maximum absolute atomic E-state index is 15.2. The van der Waals surface area contributed by atoms with Crippen LogP contribution in [-0.2, 0) is 4.74 Å². The Kier molecular flexibility index (Phi) is 9.21. The van der Waals surface area contributed by atoms with Gasteiger partial charge in [-0.3, -0.25) is 9.78 Å². The monoisotopic (exact) mass is 538 g/mol. The number of allylic oxidation sites excluding steroid dienone is 1. The molecule has 0 spiro atoms. The molecule has 3 aromatic rings. The van der Waals surface area contributed by atoms with Crippen LogP contribution in [0.1, 0.15) is 48.2 Å². The molecule has 1 aliphatic rings. The standard InChI is InChI=1S/C29H32F2N4O4/c1-4-17-11-18(13-19(32)12-17)21-7-8-33-16-25(21)35-29(36)24-6-5-22(30)28(34-24)27-23(31)14-20(15-26(27)38-3)39-10-9-37-2/h5-8,12,14-16,18-19H,4,9-11,13,32H2,1-3H3,(H,35,36). The van der Waals surface area contributed by atoms with Gasteiger partial charge in [-0.1, -0.05) is 18.6 Å². The Balaban J connectivity index is 1.62. The Morgan fingerprint density at radius 3 is 2.72 bits per heavy atom. The van der Waals surface area contributed by atoms with Gasteiger partial charge >= 0.3 is 0 Å². The summed E-state index contributed by atoms with van der Waals surface area (Å²) in [4.78, 5) is 21.6. The number of nitrogens with one attached hydrogen (secondary N) is 1. The molecule has 0 radical (unpaired) electrons. The van der Waals surface area contributed by atoms with Crippen molar-refractivity contribution in [2.24, 2.45) is 5.73 Å². The van der Waals surface area contributed by atoms with E-state index < -0.39 is 17.5 Å². The van der Waals surface area contributed by atoms with Crippen LogP contribution >= 0.6 is 0 Å². The van der Waals surface area contributed by atoms with Crippen LogP contribution in [0, 0.1) is 11.6 Å². The highest BCUT2D eigenvalue weighted by Crippen LogP contribution is 2.38. The fourth-order valence-electron chi connectivity index (χ4n) is 4.74. The van der Waals surface area contributed by atoms with Gasteiger partial charge in [-0.2, -0.15) is 0 Å². The van der Waals surface area contributed by atoms with Gasteiger partial charge in [0, 0.05) is 31.5 Å². The first kappa shape index (κ1) is 28.1. The van der Waals surface area contributed by atoms with E-state index in [1.165, 1.54) is 31.9 Å². The van der Waals surface area contributed by atoms with Crippen molar-refractivity contribution >= 4 is 11.6 Å². The molecule has 2 unspecified atom stereocenters. The van der Waals surface area contributed by atoms with Gasteiger partial charge in [0.05, 0.1) is 31.2 Å². The van der Waals surface area contributed by atoms with E-state index in [1.54, 1.807) is 12.4 Å². The lowest BCUT2D eigenvalue weighted by atomic mass is 9.81. The first-order valence-electron chi connectivity index (χ1n) is 12.7. The van der Waals surface area contributed by atoms with Crippen molar-refractivity contribution in [1.29, 1.82) is 0 Å². The number of methoxy groups -OCH3 is 2. The number of hydrogen-bond acceptors (Lipinski definition) is 7. The fourth-order valence-corrected chi connectivity index (χ4v) is 4.74. The highest BCUT2D eigenvalue weighted by atomic mass is 19.1. The Labute approximate surface area is 226 Å². The molecule has 10 heteroatoms. The molecule has 2 aromatic heterocycles. The summed E-state index contributed by atoms with van der Waals surface area (Å²) in [5.74, 6) is -1.90. The van der Waals surface area contributed by atoms with E-state index in [4.69, 9.17) is 19.9 Å². The van der Waals surface area contributed by atoms with Gasteiger partial charge in [0.25, 0.3) is 5.91 Å². The third kappa shape index (κ3) is 6.58. The Morgan fingerprint density at radius 2 is 1.97 bits per heavy atom. The van der Waals surface area contributed by atoms with Crippen LogP contribution in [0.25, 0.3) is 11.3 Å². The van der Waals surface area contributed by atoms with Crippen molar-refractivity contribution in [3.8, 4) is 22.8 Å².